The van der Waals surface area contributed by atoms with Crippen LogP contribution in [0, 0.1) is 5.92 Å². The molecular formula is C16H26N2. The van der Waals surface area contributed by atoms with Crippen LogP contribution in [0.15, 0.2) is 24.5 Å². The largest absolute Gasteiger partial charge is 0.316 e. The highest BCUT2D eigenvalue weighted by molar-refractivity contribution is 5.17. The Bertz CT molecular complexity index is 317. The molecule has 2 rings (SSSR count). The van der Waals surface area contributed by atoms with Crippen molar-refractivity contribution >= 4 is 0 Å². The third-order valence-electron chi connectivity index (χ3n) is 4.14. The Kier molecular flexibility index (Phi) is 5.66. The van der Waals surface area contributed by atoms with E-state index < -0.39 is 0 Å². The fourth-order valence-corrected chi connectivity index (χ4v) is 3.14. The lowest BCUT2D eigenvalue weighted by molar-refractivity contribution is 0.297. The minimum absolute atomic E-state index is 0.680. The predicted molar refractivity (Wildman–Crippen MR) is 76.7 cm³/mol. The maximum atomic E-state index is 4.15. The molecule has 1 aliphatic rings. The number of pyridine rings is 1. The molecule has 2 nitrogen and oxygen atoms in total. The molecule has 100 valence electrons. The highest BCUT2D eigenvalue weighted by atomic mass is 14.9. The van der Waals surface area contributed by atoms with Crippen molar-refractivity contribution in [1.82, 2.24) is 10.3 Å². The van der Waals surface area contributed by atoms with Crippen LogP contribution in [0.2, 0.25) is 0 Å². The first kappa shape index (κ1) is 13.5. The van der Waals surface area contributed by atoms with E-state index in [1.54, 1.807) is 0 Å². The van der Waals surface area contributed by atoms with Crippen molar-refractivity contribution < 1.29 is 0 Å². The average molecular weight is 246 g/mol. The van der Waals surface area contributed by atoms with Crippen LogP contribution in [-0.2, 0) is 0 Å². The molecule has 0 aromatic carbocycles. The second-order valence-electron chi connectivity index (χ2n) is 5.49. The summed E-state index contributed by atoms with van der Waals surface area (Å²) in [5.74, 6) is 1.55. The molecule has 1 saturated carbocycles. The smallest absolute Gasteiger partial charge is 0.0270 e. The molecule has 1 atom stereocenters. The maximum absolute atomic E-state index is 4.15. The normalized spacial score (nSPS) is 18.7. The highest BCUT2D eigenvalue weighted by Crippen LogP contribution is 2.35. The number of rotatable bonds is 6. The number of aromatic nitrogens is 1. The third kappa shape index (κ3) is 3.81. The molecule has 1 N–H and O–H groups in total. The Morgan fingerprint density at radius 3 is 2.61 bits per heavy atom. The van der Waals surface area contributed by atoms with Crippen molar-refractivity contribution in [2.45, 2.75) is 51.4 Å². The van der Waals surface area contributed by atoms with Gasteiger partial charge in [-0.2, -0.15) is 0 Å². The summed E-state index contributed by atoms with van der Waals surface area (Å²) in [6, 6.07) is 4.40. The standard InChI is InChI=1S/C16H26N2/c1-2-10-18-13-16(14-6-4-3-5-7-14)15-8-11-17-12-9-15/h8-9,11-12,14,16,18H,2-7,10,13H2,1H3. The van der Waals surface area contributed by atoms with Crippen LogP contribution >= 0.6 is 0 Å². The van der Waals surface area contributed by atoms with Gasteiger partial charge in [-0.05, 0) is 55.3 Å². The van der Waals surface area contributed by atoms with Crippen LogP contribution in [0.4, 0.5) is 0 Å². The van der Waals surface area contributed by atoms with Crippen LogP contribution in [0.5, 0.6) is 0 Å². The lowest BCUT2D eigenvalue weighted by atomic mass is 9.77. The van der Waals surface area contributed by atoms with Crippen LogP contribution in [-0.4, -0.2) is 18.1 Å². The summed E-state index contributed by atoms with van der Waals surface area (Å²) in [6.07, 6.45) is 12.2. The van der Waals surface area contributed by atoms with Gasteiger partial charge in [0.2, 0.25) is 0 Å². The quantitative estimate of drug-likeness (QED) is 0.773. The maximum Gasteiger partial charge on any atom is 0.0270 e. The Labute approximate surface area is 111 Å². The van der Waals surface area contributed by atoms with Crippen molar-refractivity contribution in [2.75, 3.05) is 13.1 Å². The van der Waals surface area contributed by atoms with E-state index in [2.05, 4.69) is 29.4 Å². The van der Waals surface area contributed by atoms with E-state index in [9.17, 15) is 0 Å². The van der Waals surface area contributed by atoms with Gasteiger partial charge in [-0.1, -0.05) is 26.2 Å². The van der Waals surface area contributed by atoms with E-state index >= 15 is 0 Å². The number of nitrogens with one attached hydrogen (secondary N) is 1. The third-order valence-corrected chi connectivity index (χ3v) is 4.14. The lowest BCUT2D eigenvalue weighted by Crippen LogP contribution is -2.28. The minimum Gasteiger partial charge on any atom is -0.316 e. The van der Waals surface area contributed by atoms with Gasteiger partial charge in [-0.15, -0.1) is 0 Å². The van der Waals surface area contributed by atoms with Gasteiger partial charge in [-0.3, -0.25) is 4.98 Å². The second-order valence-corrected chi connectivity index (χ2v) is 5.49. The fraction of sp³-hybridized carbons (Fsp3) is 0.688. The Hall–Kier alpha value is -0.890. The van der Waals surface area contributed by atoms with Gasteiger partial charge in [0.25, 0.3) is 0 Å². The zero-order chi connectivity index (χ0) is 12.6. The molecule has 0 bridgehead atoms. The Morgan fingerprint density at radius 1 is 1.22 bits per heavy atom. The van der Waals surface area contributed by atoms with Crippen molar-refractivity contribution in [1.29, 1.82) is 0 Å². The SMILES string of the molecule is CCCNCC(c1ccncc1)C1CCCCC1. The van der Waals surface area contributed by atoms with Crippen molar-refractivity contribution in [3.8, 4) is 0 Å². The summed E-state index contributed by atoms with van der Waals surface area (Å²) >= 11 is 0. The molecular weight excluding hydrogens is 220 g/mol. The van der Waals surface area contributed by atoms with Crippen molar-refractivity contribution in [3.05, 3.63) is 30.1 Å². The van der Waals surface area contributed by atoms with Crippen LogP contribution in [0.25, 0.3) is 0 Å². The minimum atomic E-state index is 0.680. The summed E-state index contributed by atoms with van der Waals surface area (Å²) in [7, 11) is 0. The molecule has 1 aliphatic carbocycles. The summed E-state index contributed by atoms with van der Waals surface area (Å²) in [5.41, 5.74) is 1.47. The van der Waals surface area contributed by atoms with Gasteiger partial charge in [0, 0.05) is 18.9 Å². The van der Waals surface area contributed by atoms with Gasteiger partial charge in [0.1, 0.15) is 0 Å². The molecule has 0 aliphatic heterocycles. The zero-order valence-corrected chi connectivity index (χ0v) is 11.6. The van der Waals surface area contributed by atoms with E-state index in [0.29, 0.717) is 5.92 Å². The first-order valence-corrected chi connectivity index (χ1v) is 7.52. The molecule has 0 radical (unpaired) electrons. The first-order chi connectivity index (χ1) is 8.92. The van der Waals surface area contributed by atoms with Gasteiger partial charge in [0.05, 0.1) is 0 Å². The highest BCUT2D eigenvalue weighted by Gasteiger charge is 2.24. The topological polar surface area (TPSA) is 24.9 Å². The van der Waals surface area contributed by atoms with Crippen LogP contribution in [0.1, 0.15) is 56.9 Å². The van der Waals surface area contributed by atoms with Crippen molar-refractivity contribution in [2.24, 2.45) is 5.92 Å². The summed E-state index contributed by atoms with van der Waals surface area (Å²) in [6.45, 7) is 4.49. The molecule has 0 spiro atoms. The number of nitrogens with zero attached hydrogens (tertiary/aromatic N) is 1. The molecule has 2 heteroatoms. The molecule has 1 heterocycles. The summed E-state index contributed by atoms with van der Waals surface area (Å²) in [5, 5.41) is 3.61. The molecule has 1 aromatic heterocycles. The first-order valence-electron chi connectivity index (χ1n) is 7.52. The molecule has 0 saturated heterocycles. The summed E-state index contributed by atoms with van der Waals surface area (Å²) in [4.78, 5) is 4.15. The number of hydrogen-bond acceptors (Lipinski definition) is 2. The number of hydrogen-bond donors (Lipinski definition) is 1. The van der Waals surface area contributed by atoms with Crippen molar-refractivity contribution in [3.63, 3.8) is 0 Å². The van der Waals surface area contributed by atoms with Crippen LogP contribution in [0.3, 0.4) is 0 Å². The Balaban J connectivity index is 2.01. The molecule has 18 heavy (non-hydrogen) atoms. The van der Waals surface area contributed by atoms with Gasteiger partial charge in [-0.25, -0.2) is 0 Å². The molecule has 1 unspecified atom stereocenters. The monoisotopic (exact) mass is 246 g/mol. The van der Waals surface area contributed by atoms with E-state index in [1.165, 1.54) is 44.1 Å². The van der Waals surface area contributed by atoms with E-state index in [1.807, 2.05) is 12.4 Å². The zero-order valence-electron chi connectivity index (χ0n) is 11.6. The van der Waals surface area contributed by atoms with E-state index in [4.69, 9.17) is 0 Å². The van der Waals surface area contributed by atoms with E-state index in [0.717, 1.165) is 19.0 Å². The summed E-state index contributed by atoms with van der Waals surface area (Å²) < 4.78 is 0. The van der Waals surface area contributed by atoms with Gasteiger partial charge >= 0.3 is 0 Å². The molecule has 0 amide bonds. The van der Waals surface area contributed by atoms with Gasteiger partial charge in [0.15, 0.2) is 0 Å². The second kappa shape index (κ2) is 7.52. The van der Waals surface area contributed by atoms with Gasteiger partial charge < -0.3 is 5.32 Å². The predicted octanol–water partition coefficient (Wildman–Crippen LogP) is 3.75. The van der Waals surface area contributed by atoms with Crippen LogP contribution < -0.4 is 5.32 Å². The average Bonchev–Trinajstić information content (AvgIpc) is 2.46. The Morgan fingerprint density at radius 2 is 1.94 bits per heavy atom. The fourth-order valence-electron chi connectivity index (χ4n) is 3.14. The molecule has 1 fully saturated rings. The molecule has 1 aromatic rings. The lowest BCUT2D eigenvalue weighted by Gasteiger charge is -2.31. The van der Waals surface area contributed by atoms with E-state index in [-0.39, 0.29) is 0 Å².